The summed E-state index contributed by atoms with van der Waals surface area (Å²) in [6, 6.07) is 14.6. The third-order valence-corrected chi connectivity index (χ3v) is 3.32. The second kappa shape index (κ2) is 6.26. The highest BCUT2D eigenvalue weighted by atomic mass is 14.8. The lowest BCUT2D eigenvalue weighted by atomic mass is 10.1. The molecule has 2 heterocycles. The van der Waals surface area contributed by atoms with Crippen molar-refractivity contribution in [2.75, 3.05) is 6.54 Å². The van der Waals surface area contributed by atoms with E-state index in [0.717, 1.165) is 25.2 Å². The maximum absolute atomic E-state index is 4.32. The predicted octanol–water partition coefficient (Wildman–Crippen LogP) is 2.96. The van der Waals surface area contributed by atoms with Gasteiger partial charge in [0.05, 0.1) is 0 Å². The zero-order valence-corrected chi connectivity index (χ0v) is 11.3. The lowest BCUT2D eigenvalue weighted by Crippen LogP contribution is -2.17. The SMILES string of the molecule is c1ccc(CCNCc2ccc3cnccc3c2)nc1. The standard InChI is InChI=1S/C17H17N3/c1-2-8-20-17(3-1)7-10-18-12-14-4-5-16-13-19-9-6-15(16)11-14/h1-6,8-9,11,13,18H,7,10,12H2. The topological polar surface area (TPSA) is 37.8 Å². The summed E-state index contributed by atoms with van der Waals surface area (Å²) < 4.78 is 0. The Morgan fingerprint density at radius 2 is 1.95 bits per heavy atom. The number of fused-ring (bicyclic) bond motifs is 1. The van der Waals surface area contributed by atoms with Gasteiger partial charge >= 0.3 is 0 Å². The van der Waals surface area contributed by atoms with Gasteiger partial charge in [0.25, 0.3) is 0 Å². The smallest absolute Gasteiger partial charge is 0.0416 e. The Labute approximate surface area is 118 Å². The molecule has 0 unspecified atom stereocenters. The van der Waals surface area contributed by atoms with Crippen LogP contribution in [0.25, 0.3) is 10.8 Å². The summed E-state index contributed by atoms with van der Waals surface area (Å²) in [5.41, 5.74) is 2.43. The summed E-state index contributed by atoms with van der Waals surface area (Å²) in [5, 5.41) is 5.88. The van der Waals surface area contributed by atoms with Crippen molar-refractivity contribution in [2.45, 2.75) is 13.0 Å². The molecule has 0 radical (unpaired) electrons. The van der Waals surface area contributed by atoms with E-state index in [1.165, 1.54) is 16.3 Å². The van der Waals surface area contributed by atoms with E-state index in [-0.39, 0.29) is 0 Å². The lowest BCUT2D eigenvalue weighted by Gasteiger charge is -2.06. The van der Waals surface area contributed by atoms with Crippen molar-refractivity contribution in [3.8, 4) is 0 Å². The van der Waals surface area contributed by atoms with Gasteiger partial charge in [-0.15, -0.1) is 0 Å². The highest BCUT2D eigenvalue weighted by molar-refractivity contribution is 5.81. The molecule has 0 bridgehead atoms. The molecule has 0 spiro atoms. The number of nitrogens with one attached hydrogen (secondary N) is 1. The fraction of sp³-hybridized carbons (Fsp3) is 0.176. The molecule has 20 heavy (non-hydrogen) atoms. The molecular weight excluding hydrogens is 246 g/mol. The number of pyridine rings is 2. The predicted molar refractivity (Wildman–Crippen MR) is 81.4 cm³/mol. The van der Waals surface area contributed by atoms with Crippen LogP contribution in [-0.2, 0) is 13.0 Å². The van der Waals surface area contributed by atoms with Crippen LogP contribution in [0.2, 0.25) is 0 Å². The van der Waals surface area contributed by atoms with Crippen LogP contribution in [0.1, 0.15) is 11.3 Å². The summed E-state index contributed by atoms with van der Waals surface area (Å²) >= 11 is 0. The average molecular weight is 263 g/mol. The number of benzene rings is 1. The third kappa shape index (κ3) is 3.19. The molecule has 3 nitrogen and oxygen atoms in total. The number of nitrogens with zero attached hydrogens (tertiary/aromatic N) is 2. The van der Waals surface area contributed by atoms with Crippen LogP contribution in [0.3, 0.4) is 0 Å². The first-order valence-electron chi connectivity index (χ1n) is 6.85. The van der Waals surface area contributed by atoms with E-state index in [9.17, 15) is 0 Å². The van der Waals surface area contributed by atoms with E-state index >= 15 is 0 Å². The maximum Gasteiger partial charge on any atom is 0.0416 e. The molecule has 0 atom stereocenters. The van der Waals surface area contributed by atoms with Gasteiger partial charge in [0, 0.05) is 49.2 Å². The molecule has 3 aromatic rings. The molecule has 0 saturated heterocycles. The van der Waals surface area contributed by atoms with E-state index in [4.69, 9.17) is 0 Å². The minimum absolute atomic E-state index is 0.880. The third-order valence-electron chi connectivity index (χ3n) is 3.32. The van der Waals surface area contributed by atoms with Crippen molar-refractivity contribution in [1.82, 2.24) is 15.3 Å². The monoisotopic (exact) mass is 263 g/mol. The van der Waals surface area contributed by atoms with Crippen molar-refractivity contribution in [3.63, 3.8) is 0 Å². The van der Waals surface area contributed by atoms with Gasteiger partial charge in [0.15, 0.2) is 0 Å². The molecule has 0 amide bonds. The molecule has 3 heteroatoms. The number of aromatic nitrogens is 2. The average Bonchev–Trinajstić information content (AvgIpc) is 2.52. The Hall–Kier alpha value is -2.26. The second-order valence-electron chi connectivity index (χ2n) is 4.81. The lowest BCUT2D eigenvalue weighted by molar-refractivity contribution is 0.680. The van der Waals surface area contributed by atoms with Crippen LogP contribution in [-0.4, -0.2) is 16.5 Å². The summed E-state index contributed by atoms with van der Waals surface area (Å²) in [7, 11) is 0. The minimum atomic E-state index is 0.880. The fourth-order valence-electron chi connectivity index (χ4n) is 2.24. The Morgan fingerprint density at radius 1 is 0.950 bits per heavy atom. The zero-order valence-electron chi connectivity index (χ0n) is 11.3. The first-order chi connectivity index (χ1) is 9.92. The Bertz CT molecular complexity index is 680. The molecule has 0 saturated carbocycles. The van der Waals surface area contributed by atoms with Crippen molar-refractivity contribution >= 4 is 10.8 Å². The summed E-state index contributed by atoms with van der Waals surface area (Å²) in [5.74, 6) is 0. The van der Waals surface area contributed by atoms with Crippen LogP contribution in [0.4, 0.5) is 0 Å². The van der Waals surface area contributed by atoms with Crippen molar-refractivity contribution in [3.05, 3.63) is 72.3 Å². The van der Waals surface area contributed by atoms with E-state index in [0.29, 0.717) is 0 Å². The Kier molecular flexibility index (Phi) is 3.99. The zero-order chi connectivity index (χ0) is 13.6. The molecule has 0 fully saturated rings. The van der Waals surface area contributed by atoms with Gasteiger partial charge in [-0.2, -0.15) is 0 Å². The highest BCUT2D eigenvalue weighted by Gasteiger charge is 1.97. The number of hydrogen-bond acceptors (Lipinski definition) is 3. The number of rotatable bonds is 5. The Morgan fingerprint density at radius 3 is 2.85 bits per heavy atom. The quantitative estimate of drug-likeness (QED) is 0.719. The van der Waals surface area contributed by atoms with Crippen LogP contribution in [0.15, 0.2) is 61.1 Å². The van der Waals surface area contributed by atoms with Gasteiger partial charge in [-0.05, 0) is 35.2 Å². The molecule has 100 valence electrons. The largest absolute Gasteiger partial charge is 0.312 e. The van der Waals surface area contributed by atoms with Crippen LogP contribution in [0, 0.1) is 0 Å². The first-order valence-corrected chi connectivity index (χ1v) is 6.85. The Balaban J connectivity index is 1.55. The van der Waals surface area contributed by atoms with Gasteiger partial charge < -0.3 is 5.32 Å². The van der Waals surface area contributed by atoms with Crippen molar-refractivity contribution in [1.29, 1.82) is 0 Å². The molecule has 0 aliphatic rings. The molecular formula is C17H17N3. The van der Waals surface area contributed by atoms with Crippen LogP contribution in [0.5, 0.6) is 0 Å². The van der Waals surface area contributed by atoms with E-state index in [1.807, 2.05) is 36.8 Å². The molecule has 1 aromatic carbocycles. The normalized spacial score (nSPS) is 10.8. The second-order valence-corrected chi connectivity index (χ2v) is 4.81. The van der Waals surface area contributed by atoms with Gasteiger partial charge in [-0.3, -0.25) is 9.97 Å². The fourth-order valence-corrected chi connectivity index (χ4v) is 2.24. The molecule has 0 aliphatic carbocycles. The molecule has 1 N–H and O–H groups in total. The maximum atomic E-state index is 4.32. The minimum Gasteiger partial charge on any atom is -0.312 e. The summed E-state index contributed by atoms with van der Waals surface area (Å²) in [6.45, 7) is 1.82. The van der Waals surface area contributed by atoms with Crippen LogP contribution >= 0.6 is 0 Å². The summed E-state index contributed by atoms with van der Waals surface area (Å²) in [6.07, 6.45) is 6.53. The van der Waals surface area contributed by atoms with Crippen molar-refractivity contribution < 1.29 is 0 Å². The molecule has 2 aromatic heterocycles. The first kappa shape index (κ1) is 12.8. The van der Waals surface area contributed by atoms with Crippen molar-refractivity contribution in [2.24, 2.45) is 0 Å². The highest BCUT2D eigenvalue weighted by Crippen LogP contribution is 2.14. The molecule has 0 aliphatic heterocycles. The number of hydrogen-bond donors (Lipinski definition) is 1. The van der Waals surface area contributed by atoms with E-state index in [1.54, 1.807) is 0 Å². The van der Waals surface area contributed by atoms with Crippen LogP contribution < -0.4 is 5.32 Å². The van der Waals surface area contributed by atoms with Gasteiger partial charge in [-0.1, -0.05) is 18.2 Å². The van der Waals surface area contributed by atoms with E-state index in [2.05, 4.69) is 39.6 Å². The van der Waals surface area contributed by atoms with Gasteiger partial charge in [-0.25, -0.2) is 0 Å². The summed E-state index contributed by atoms with van der Waals surface area (Å²) in [4.78, 5) is 8.45. The van der Waals surface area contributed by atoms with Gasteiger partial charge in [0.2, 0.25) is 0 Å². The van der Waals surface area contributed by atoms with Gasteiger partial charge in [0.1, 0.15) is 0 Å². The molecule has 3 rings (SSSR count). The van der Waals surface area contributed by atoms with E-state index < -0.39 is 0 Å².